The number of carbonyl (C=O) groups excluding carboxylic acids is 1. The number of fused-ring (bicyclic) bond motifs is 1. The molecule has 122 valence electrons. The highest BCUT2D eigenvalue weighted by Gasteiger charge is 2.37. The fourth-order valence-corrected chi connectivity index (χ4v) is 4.59. The van der Waals surface area contributed by atoms with Crippen molar-refractivity contribution < 1.29 is 9.18 Å². The molecular formula is C17H25FN2OS. The number of carbonyl (C=O) groups is 1. The topological polar surface area (TPSA) is 23.6 Å². The van der Waals surface area contributed by atoms with E-state index in [9.17, 15) is 9.18 Å². The molecule has 0 unspecified atom stereocenters. The molecule has 0 spiro atoms. The minimum absolute atomic E-state index is 0.111. The molecule has 0 radical (unpaired) electrons. The van der Waals surface area contributed by atoms with Gasteiger partial charge in [0, 0.05) is 19.6 Å². The number of nitrogens with zero attached hydrogens (tertiary/aromatic N) is 2. The molecule has 2 aliphatic heterocycles. The first-order valence-corrected chi connectivity index (χ1v) is 9.17. The van der Waals surface area contributed by atoms with Crippen LogP contribution in [-0.4, -0.2) is 48.4 Å². The first-order valence-electron chi connectivity index (χ1n) is 8.29. The van der Waals surface area contributed by atoms with Crippen molar-refractivity contribution in [3.05, 3.63) is 22.1 Å². The van der Waals surface area contributed by atoms with Crippen molar-refractivity contribution in [1.82, 2.24) is 9.80 Å². The number of hydrogen-bond donors (Lipinski definition) is 0. The standard InChI is InChI=1S/C17H25FN2OS/c1-12(2)9-19-6-3-13-10-20(11-14(13)4-7-19)17(21)16-15(18)5-8-22-16/h5,8,12-14H,3-4,6-7,9-11H2,1-2H3/t13-,14+. The zero-order valence-corrected chi connectivity index (χ0v) is 14.2. The van der Waals surface area contributed by atoms with E-state index < -0.39 is 0 Å². The van der Waals surface area contributed by atoms with Crippen LogP contribution in [0.2, 0.25) is 0 Å². The molecule has 2 fully saturated rings. The number of hydrogen-bond acceptors (Lipinski definition) is 3. The van der Waals surface area contributed by atoms with Crippen molar-refractivity contribution in [3.63, 3.8) is 0 Å². The molecular weight excluding hydrogens is 299 g/mol. The largest absolute Gasteiger partial charge is 0.337 e. The van der Waals surface area contributed by atoms with Gasteiger partial charge < -0.3 is 9.80 Å². The molecule has 2 saturated heterocycles. The van der Waals surface area contributed by atoms with Crippen LogP contribution in [0.15, 0.2) is 11.4 Å². The minimum Gasteiger partial charge on any atom is -0.337 e. The second-order valence-electron chi connectivity index (χ2n) is 7.10. The van der Waals surface area contributed by atoms with Gasteiger partial charge in [-0.2, -0.15) is 0 Å². The van der Waals surface area contributed by atoms with Crippen molar-refractivity contribution in [2.45, 2.75) is 26.7 Å². The van der Waals surface area contributed by atoms with Crippen molar-refractivity contribution >= 4 is 17.2 Å². The van der Waals surface area contributed by atoms with E-state index in [0.717, 1.165) is 39.0 Å². The maximum Gasteiger partial charge on any atom is 0.266 e. The monoisotopic (exact) mass is 324 g/mol. The SMILES string of the molecule is CC(C)CN1CC[C@@H]2CN(C(=O)c3sccc3F)C[C@@H]2CC1. The van der Waals surface area contributed by atoms with Gasteiger partial charge in [-0.05, 0) is 55.1 Å². The Morgan fingerprint density at radius 1 is 1.32 bits per heavy atom. The van der Waals surface area contributed by atoms with Gasteiger partial charge in [-0.3, -0.25) is 4.79 Å². The van der Waals surface area contributed by atoms with Crippen LogP contribution in [0.3, 0.4) is 0 Å². The summed E-state index contributed by atoms with van der Waals surface area (Å²) < 4.78 is 13.6. The van der Waals surface area contributed by atoms with Crippen LogP contribution in [0.25, 0.3) is 0 Å². The van der Waals surface area contributed by atoms with Gasteiger partial charge in [0.1, 0.15) is 10.7 Å². The lowest BCUT2D eigenvalue weighted by atomic mass is 9.92. The molecule has 22 heavy (non-hydrogen) atoms. The van der Waals surface area contributed by atoms with Crippen LogP contribution in [0.4, 0.5) is 4.39 Å². The van der Waals surface area contributed by atoms with Gasteiger partial charge in [0.15, 0.2) is 0 Å². The molecule has 3 heterocycles. The highest BCUT2D eigenvalue weighted by atomic mass is 32.1. The number of thiophene rings is 1. The zero-order valence-electron chi connectivity index (χ0n) is 13.4. The third kappa shape index (κ3) is 3.35. The maximum absolute atomic E-state index is 13.6. The van der Waals surface area contributed by atoms with Crippen LogP contribution in [-0.2, 0) is 0 Å². The summed E-state index contributed by atoms with van der Waals surface area (Å²) in [6, 6.07) is 1.38. The Morgan fingerprint density at radius 2 is 1.95 bits per heavy atom. The summed E-state index contributed by atoms with van der Waals surface area (Å²) in [7, 11) is 0. The molecule has 0 saturated carbocycles. The lowest BCUT2D eigenvalue weighted by Crippen LogP contribution is -2.32. The van der Waals surface area contributed by atoms with E-state index in [1.807, 2.05) is 4.90 Å². The first kappa shape index (κ1) is 15.9. The first-order chi connectivity index (χ1) is 10.5. The Bertz CT molecular complexity index is 514. The minimum atomic E-state index is -0.370. The summed E-state index contributed by atoms with van der Waals surface area (Å²) in [6.07, 6.45) is 2.32. The molecule has 0 aliphatic carbocycles. The summed E-state index contributed by atoms with van der Waals surface area (Å²) in [5.41, 5.74) is 0. The molecule has 0 N–H and O–H groups in total. The van der Waals surface area contributed by atoms with Gasteiger partial charge in [0.05, 0.1) is 0 Å². The van der Waals surface area contributed by atoms with Gasteiger partial charge in [-0.25, -0.2) is 4.39 Å². The van der Waals surface area contributed by atoms with Gasteiger partial charge >= 0.3 is 0 Å². The van der Waals surface area contributed by atoms with E-state index in [1.165, 1.54) is 23.9 Å². The summed E-state index contributed by atoms with van der Waals surface area (Å²) in [5, 5.41) is 1.65. The maximum atomic E-state index is 13.6. The molecule has 3 nitrogen and oxygen atoms in total. The van der Waals surface area contributed by atoms with Crippen LogP contribution in [0, 0.1) is 23.6 Å². The number of halogens is 1. The number of amides is 1. The van der Waals surface area contributed by atoms with Crippen molar-refractivity contribution in [2.75, 3.05) is 32.7 Å². The summed E-state index contributed by atoms with van der Waals surface area (Å²) in [5.74, 6) is 1.40. The van der Waals surface area contributed by atoms with Crippen LogP contribution >= 0.6 is 11.3 Å². The van der Waals surface area contributed by atoms with E-state index in [0.29, 0.717) is 17.8 Å². The van der Waals surface area contributed by atoms with E-state index in [-0.39, 0.29) is 16.6 Å². The Balaban J connectivity index is 1.60. The van der Waals surface area contributed by atoms with Gasteiger partial charge in [0.25, 0.3) is 5.91 Å². The average molecular weight is 324 g/mol. The second kappa shape index (κ2) is 6.67. The third-order valence-corrected chi connectivity index (χ3v) is 5.81. The van der Waals surface area contributed by atoms with E-state index in [4.69, 9.17) is 0 Å². The Labute approximate surface area is 136 Å². The van der Waals surface area contributed by atoms with Crippen LogP contribution in [0.5, 0.6) is 0 Å². The van der Waals surface area contributed by atoms with Crippen molar-refractivity contribution in [3.8, 4) is 0 Å². The molecule has 0 aromatic carbocycles. The Kier molecular flexibility index (Phi) is 4.83. The molecule has 2 aliphatic rings. The Morgan fingerprint density at radius 3 is 2.45 bits per heavy atom. The smallest absolute Gasteiger partial charge is 0.266 e. The molecule has 5 heteroatoms. The zero-order chi connectivity index (χ0) is 15.7. The molecule has 1 aromatic heterocycles. The number of likely N-dealkylation sites (tertiary alicyclic amines) is 2. The van der Waals surface area contributed by atoms with E-state index in [1.54, 1.807) is 5.38 Å². The fraction of sp³-hybridized carbons (Fsp3) is 0.706. The summed E-state index contributed by atoms with van der Waals surface area (Å²) in [4.78, 5) is 17.2. The van der Waals surface area contributed by atoms with Crippen molar-refractivity contribution in [1.29, 1.82) is 0 Å². The van der Waals surface area contributed by atoms with E-state index >= 15 is 0 Å². The molecule has 1 amide bonds. The lowest BCUT2D eigenvalue weighted by Gasteiger charge is -2.23. The molecule has 3 rings (SSSR count). The number of rotatable bonds is 3. The third-order valence-electron chi connectivity index (χ3n) is 4.93. The summed E-state index contributed by atoms with van der Waals surface area (Å²) in [6.45, 7) is 9.57. The Hall–Kier alpha value is -0.940. The average Bonchev–Trinajstić information content (AvgIpc) is 3.03. The van der Waals surface area contributed by atoms with Gasteiger partial charge in [-0.15, -0.1) is 11.3 Å². The lowest BCUT2D eigenvalue weighted by molar-refractivity contribution is 0.0780. The van der Waals surface area contributed by atoms with Crippen LogP contribution in [0.1, 0.15) is 36.4 Å². The summed E-state index contributed by atoms with van der Waals surface area (Å²) >= 11 is 1.21. The van der Waals surface area contributed by atoms with Crippen LogP contribution < -0.4 is 0 Å². The van der Waals surface area contributed by atoms with E-state index in [2.05, 4.69) is 18.7 Å². The van der Waals surface area contributed by atoms with Gasteiger partial charge in [0.2, 0.25) is 0 Å². The normalized spacial score (nSPS) is 26.3. The second-order valence-corrected chi connectivity index (χ2v) is 8.02. The predicted molar refractivity (Wildman–Crippen MR) is 87.7 cm³/mol. The predicted octanol–water partition coefficient (Wildman–Crippen LogP) is 3.33. The molecule has 2 atom stereocenters. The molecule has 1 aromatic rings. The molecule has 0 bridgehead atoms. The van der Waals surface area contributed by atoms with Crippen molar-refractivity contribution in [2.24, 2.45) is 17.8 Å². The highest BCUT2D eigenvalue weighted by Crippen LogP contribution is 2.33. The van der Waals surface area contributed by atoms with Gasteiger partial charge in [-0.1, -0.05) is 13.8 Å². The fourth-order valence-electron chi connectivity index (χ4n) is 3.86. The highest BCUT2D eigenvalue weighted by molar-refractivity contribution is 7.12. The quantitative estimate of drug-likeness (QED) is 0.851.